The lowest BCUT2D eigenvalue weighted by molar-refractivity contribution is 0.0997. The van der Waals surface area contributed by atoms with E-state index in [4.69, 9.17) is 9.47 Å². The second-order valence-electron chi connectivity index (χ2n) is 6.37. The van der Waals surface area contributed by atoms with Gasteiger partial charge in [-0.25, -0.2) is 19.0 Å². The molecule has 140 valence electrons. The Morgan fingerprint density at radius 1 is 1.07 bits per heavy atom. The van der Waals surface area contributed by atoms with Gasteiger partial charge in [0.25, 0.3) is 0 Å². The van der Waals surface area contributed by atoms with Gasteiger partial charge in [-0.3, -0.25) is 0 Å². The minimum Gasteiger partial charge on any atom is -0.486 e. The zero-order chi connectivity index (χ0) is 18.9. The lowest BCUT2D eigenvalue weighted by Gasteiger charge is -2.26. The number of fused-ring (bicyclic) bond motifs is 2. The molecule has 0 radical (unpaired) electrons. The molecule has 28 heavy (non-hydrogen) atoms. The second-order valence-corrected chi connectivity index (χ2v) is 6.37. The van der Waals surface area contributed by atoms with Crippen molar-refractivity contribution in [2.75, 3.05) is 18.5 Å². The lowest BCUT2D eigenvalue weighted by atomic mass is 10.2. The van der Waals surface area contributed by atoms with Crippen molar-refractivity contribution < 1.29 is 13.9 Å². The minimum absolute atomic E-state index is 0.146. The van der Waals surface area contributed by atoms with Crippen LogP contribution in [0.15, 0.2) is 61.1 Å². The number of nitrogens with zero attached hydrogens (tertiary/aromatic N) is 4. The van der Waals surface area contributed by atoms with Crippen LogP contribution < -0.4 is 14.8 Å². The van der Waals surface area contributed by atoms with Crippen molar-refractivity contribution in [2.24, 2.45) is 0 Å². The quantitative estimate of drug-likeness (QED) is 0.589. The van der Waals surface area contributed by atoms with Crippen LogP contribution >= 0.6 is 0 Å². The van der Waals surface area contributed by atoms with Crippen LogP contribution in [0.3, 0.4) is 0 Å². The summed E-state index contributed by atoms with van der Waals surface area (Å²) in [7, 11) is 0. The Morgan fingerprint density at radius 2 is 1.89 bits per heavy atom. The van der Waals surface area contributed by atoms with E-state index in [9.17, 15) is 4.39 Å². The van der Waals surface area contributed by atoms with Crippen LogP contribution in [0.5, 0.6) is 11.5 Å². The van der Waals surface area contributed by atoms with E-state index in [1.165, 1.54) is 18.5 Å². The molecule has 1 aliphatic heterocycles. The summed E-state index contributed by atoms with van der Waals surface area (Å²) >= 11 is 0. The predicted molar refractivity (Wildman–Crippen MR) is 101 cm³/mol. The van der Waals surface area contributed by atoms with Gasteiger partial charge in [0.05, 0.1) is 23.8 Å². The molecule has 5 rings (SSSR count). The second kappa shape index (κ2) is 6.80. The van der Waals surface area contributed by atoms with E-state index < -0.39 is 0 Å². The molecule has 0 saturated carbocycles. The largest absolute Gasteiger partial charge is 0.486 e. The van der Waals surface area contributed by atoms with Gasteiger partial charge in [0.1, 0.15) is 30.7 Å². The Hall–Kier alpha value is -3.68. The average Bonchev–Trinajstić information content (AvgIpc) is 3.17. The highest BCUT2D eigenvalue weighted by Gasteiger charge is 2.21. The van der Waals surface area contributed by atoms with Crippen molar-refractivity contribution in [3.63, 3.8) is 0 Å². The van der Waals surface area contributed by atoms with Gasteiger partial charge in [-0.15, -0.1) is 0 Å². The number of halogens is 1. The fraction of sp³-hybridized carbons (Fsp3) is 0.150. The highest BCUT2D eigenvalue weighted by atomic mass is 19.1. The van der Waals surface area contributed by atoms with E-state index in [1.807, 2.05) is 24.3 Å². The molecule has 0 fully saturated rings. The third kappa shape index (κ3) is 2.98. The molecule has 1 atom stereocenters. The summed E-state index contributed by atoms with van der Waals surface area (Å²) in [5, 5.41) is 8.44. The molecule has 3 heterocycles. The molecule has 7 nitrogen and oxygen atoms in total. The SMILES string of the molecule is Fc1ccc(-n2ncc3c(NC[C@H]4COc5ccccc5O4)ncnc32)cc1. The number of para-hydroxylation sites is 2. The molecule has 2 aromatic carbocycles. The van der Waals surface area contributed by atoms with Crippen molar-refractivity contribution in [2.45, 2.75) is 6.10 Å². The maximum Gasteiger partial charge on any atom is 0.168 e. The summed E-state index contributed by atoms with van der Waals surface area (Å²) in [6.45, 7) is 0.968. The zero-order valence-electron chi connectivity index (χ0n) is 14.7. The van der Waals surface area contributed by atoms with E-state index in [1.54, 1.807) is 23.0 Å². The van der Waals surface area contributed by atoms with Gasteiger partial charge in [0.15, 0.2) is 17.1 Å². The molecule has 8 heteroatoms. The first kappa shape index (κ1) is 16.5. The lowest BCUT2D eigenvalue weighted by Crippen LogP contribution is -2.35. The molecule has 1 N–H and O–H groups in total. The number of hydrogen-bond acceptors (Lipinski definition) is 6. The first-order valence-electron chi connectivity index (χ1n) is 8.85. The monoisotopic (exact) mass is 377 g/mol. The van der Waals surface area contributed by atoms with Crippen LogP contribution in [-0.4, -0.2) is 39.0 Å². The van der Waals surface area contributed by atoms with Crippen molar-refractivity contribution in [3.8, 4) is 17.2 Å². The van der Waals surface area contributed by atoms with E-state index in [0.29, 0.717) is 24.6 Å². The molecule has 0 unspecified atom stereocenters. The zero-order valence-corrected chi connectivity index (χ0v) is 14.7. The topological polar surface area (TPSA) is 74.1 Å². The highest BCUT2D eigenvalue weighted by molar-refractivity contribution is 5.87. The summed E-state index contributed by atoms with van der Waals surface area (Å²) in [6, 6.07) is 13.7. The van der Waals surface area contributed by atoms with Crippen molar-refractivity contribution >= 4 is 16.9 Å². The molecular formula is C20H16FN5O2. The Morgan fingerprint density at radius 3 is 2.75 bits per heavy atom. The van der Waals surface area contributed by atoms with E-state index in [2.05, 4.69) is 20.4 Å². The predicted octanol–water partition coefficient (Wildman–Crippen LogP) is 3.21. The first-order valence-corrected chi connectivity index (χ1v) is 8.85. The summed E-state index contributed by atoms with van der Waals surface area (Å²) < 4.78 is 26.5. The number of hydrogen-bond donors (Lipinski definition) is 1. The summed E-state index contributed by atoms with van der Waals surface area (Å²) in [5.74, 6) is 1.84. The van der Waals surface area contributed by atoms with Gasteiger partial charge in [-0.1, -0.05) is 12.1 Å². The molecule has 0 spiro atoms. The third-order valence-electron chi connectivity index (χ3n) is 4.50. The Labute approximate surface area is 159 Å². The van der Waals surface area contributed by atoms with Crippen molar-refractivity contribution in [3.05, 3.63) is 66.9 Å². The van der Waals surface area contributed by atoms with Crippen LogP contribution in [0.1, 0.15) is 0 Å². The molecule has 4 aromatic rings. The summed E-state index contributed by atoms with van der Waals surface area (Å²) in [4.78, 5) is 8.65. The van der Waals surface area contributed by atoms with Gasteiger partial charge < -0.3 is 14.8 Å². The number of benzene rings is 2. The first-order chi connectivity index (χ1) is 13.8. The number of aromatic nitrogens is 4. The molecule has 0 bridgehead atoms. The van der Waals surface area contributed by atoms with E-state index >= 15 is 0 Å². The normalized spacial score (nSPS) is 15.5. The fourth-order valence-electron chi connectivity index (χ4n) is 3.13. The fourth-order valence-corrected chi connectivity index (χ4v) is 3.13. The van der Waals surface area contributed by atoms with Gasteiger partial charge >= 0.3 is 0 Å². The van der Waals surface area contributed by atoms with Crippen LogP contribution in [0.4, 0.5) is 10.2 Å². The van der Waals surface area contributed by atoms with Crippen molar-refractivity contribution in [1.29, 1.82) is 0 Å². The number of anilines is 1. The van der Waals surface area contributed by atoms with Crippen LogP contribution in [0.25, 0.3) is 16.7 Å². The van der Waals surface area contributed by atoms with Gasteiger partial charge in [0, 0.05) is 0 Å². The van der Waals surface area contributed by atoms with Gasteiger partial charge in [-0.05, 0) is 36.4 Å². The number of rotatable bonds is 4. The van der Waals surface area contributed by atoms with Crippen LogP contribution in [0, 0.1) is 5.82 Å². The minimum atomic E-state index is -0.298. The molecular weight excluding hydrogens is 361 g/mol. The molecule has 2 aromatic heterocycles. The van der Waals surface area contributed by atoms with Gasteiger partial charge in [0.2, 0.25) is 0 Å². The summed E-state index contributed by atoms with van der Waals surface area (Å²) in [6.07, 6.45) is 3.01. The van der Waals surface area contributed by atoms with Crippen LogP contribution in [-0.2, 0) is 0 Å². The van der Waals surface area contributed by atoms with Crippen molar-refractivity contribution in [1.82, 2.24) is 19.7 Å². The number of ether oxygens (including phenoxy) is 2. The summed E-state index contributed by atoms with van der Waals surface area (Å²) in [5.41, 5.74) is 1.36. The maximum atomic E-state index is 13.2. The molecule has 0 aliphatic carbocycles. The third-order valence-corrected chi connectivity index (χ3v) is 4.50. The highest BCUT2D eigenvalue weighted by Crippen LogP contribution is 2.31. The Kier molecular flexibility index (Phi) is 4.01. The van der Waals surface area contributed by atoms with E-state index in [-0.39, 0.29) is 11.9 Å². The van der Waals surface area contributed by atoms with Gasteiger partial charge in [-0.2, -0.15) is 5.10 Å². The smallest absolute Gasteiger partial charge is 0.168 e. The molecule has 1 aliphatic rings. The molecule has 0 amide bonds. The van der Waals surface area contributed by atoms with E-state index in [0.717, 1.165) is 22.6 Å². The number of nitrogens with one attached hydrogen (secondary N) is 1. The maximum absolute atomic E-state index is 13.2. The van der Waals surface area contributed by atoms with Crippen LogP contribution in [0.2, 0.25) is 0 Å². The Bertz CT molecular complexity index is 1130. The molecule has 0 saturated heterocycles. The standard InChI is InChI=1S/C20H16FN5O2/c21-13-5-7-14(8-6-13)26-20-16(10-25-26)19(23-12-24-20)22-9-15-11-27-17-3-1-2-4-18(17)28-15/h1-8,10,12,15H,9,11H2,(H,22,23,24)/t15-/m0/s1. The Balaban J connectivity index is 1.36. The average molecular weight is 377 g/mol.